The SMILES string of the molecule is NC[C@H]1CCC[C@H]1C(=O)NCC1CCN(C(=O)c2ccccc2)CC1. The Bertz CT molecular complexity index is 582. The molecule has 2 atom stereocenters. The van der Waals surface area contributed by atoms with Crippen molar-refractivity contribution >= 4 is 11.8 Å². The summed E-state index contributed by atoms with van der Waals surface area (Å²) in [5, 5.41) is 3.14. The number of carbonyl (C=O) groups is 2. The van der Waals surface area contributed by atoms with Crippen molar-refractivity contribution in [2.24, 2.45) is 23.5 Å². The van der Waals surface area contributed by atoms with Crippen LogP contribution in [0, 0.1) is 17.8 Å². The van der Waals surface area contributed by atoms with Gasteiger partial charge in [0.15, 0.2) is 0 Å². The summed E-state index contributed by atoms with van der Waals surface area (Å²) in [5.41, 5.74) is 6.53. The van der Waals surface area contributed by atoms with Crippen LogP contribution in [0.25, 0.3) is 0 Å². The van der Waals surface area contributed by atoms with E-state index in [1.165, 1.54) is 0 Å². The average molecular weight is 343 g/mol. The molecule has 2 amide bonds. The molecule has 1 aromatic rings. The van der Waals surface area contributed by atoms with Gasteiger partial charge in [0.25, 0.3) is 5.91 Å². The van der Waals surface area contributed by atoms with Gasteiger partial charge in [0.1, 0.15) is 0 Å². The third-order valence-electron chi connectivity index (χ3n) is 5.79. The molecule has 136 valence electrons. The first-order chi connectivity index (χ1) is 12.2. The summed E-state index contributed by atoms with van der Waals surface area (Å²) in [6.07, 6.45) is 5.06. The molecular weight excluding hydrogens is 314 g/mol. The Balaban J connectivity index is 1.42. The highest BCUT2D eigenvalue weighted by Crippen LogP contribution is 2.31. The van der Waals surface area contributed by atoms with E-state index in [9.17, 15) is 9.59 Å². The average Bonchev–Trinajstić information content (AvgIpc) is 3.15. The predicted octanol–water partition coefficient (Wildman–Crippen LogP) is 2.03. The molecule has 0 aromatic heterocycles. The summed E-state index contributed by atoms with van der Waals surface area (Å²) in [5.74, 6) is 1.20. The van der Waals surface area contributed by atoms with Crippen LogP contribution < -0.4 is 11.1 Å². The summed E-state index contributed by atoms with van der Waals surface area (Å²) in [6.45, 7) is 2.87. The first kappa shape index (κ1) is 17.9. The van der Waals surface area contributed by atoms with Gasteiger partial charge in [-0.05, 0) is 56.2 Å². The fraction of sp³-hybridized carbons (Fsp3) is 0.600. The van der Waals surface area contributed by atoms with Crippen LogP contribution in [0.15, 0.2) is 30.3 Å². The molecule has 1 aromatic carbocycles. The fourth-order valence-electron chi connectivity index (χ4n) is 4.14. The third-order valence-corrected chi connectivity index (χ3v) is 5.79. The standard InChI is InChI=1S/C20H29N3O2/c21-13-17-7-4-8-18(17)19(24)22-14-15-9-11-23(12-10-15)20(25)16-5-2-1-3-6-16/h1-3,5-6,15,17-18H,4,7-14,21H2,(H,22,24)/t17-,18-/m1/s1. The molecular formula is C20H29N3O2. The Labute approximate surface area is 150 Å². The Morgan fingerprint density at radius 1 is 1.08 bits per heavy atom. The van der Waals surface area contributed by atoms with E-state index in [0.29, 0.717) is 18.4 Å². The minimum atomic E-state index is 0.102. The molecule has 1 aliphatic carbocycles. The van der Waals surface area contributed by atoms with E-state index in [2.05, 4.69) is 5.32 Å². The zero-order valence-electron chi connectivity index (χ0n) is 14.8. The van der Waals surface area contributed by atoms with E-state index in [1.54, 1.807) is 0 Å². The van der Waals surface area contributed by atoms with E-state index in [4.69, 9.17) is 5.73 Å². The zero-order valence-corrected chi connectivity index (χ0v) is 14.8. The van der Waals surface area contributed by atoms with Crippen LogP contribution >= 0.6 is 0 Å². The molecule has 3 N–H and O–H groups in total. The van der Waals surface area contributed by atoms with Crippen molar-refractivity contribution in [1.82, 2.24) is 10.2 Å². The maximum atomic E-state index is 12.5. The Hall–Kier alpha value is -1.88. The highest BCUT2D eigenvalue weighted by molar-refractivity contribution is 5.94. The number of hydrogen-bond donors (Lipinski definition) is 2. The Morgan fingerprint density at radius 3 is 2.48 bits per heavy atom. The van der Waals surface area contributed by atoms with Crippen molar-refractivity contribution in [2.75, 3.05) is 26.2 Å². The minimum absolute atomic E-state index is 0.102. The second-order valence-electron chi connectivity index (χ2n) is 7.38. The van der Waals surface area contributed by atoms with E-state index in [-0.39, 0.29) is 17.7 Å². The zero-order chi connectivity index (χ0) is 17.6. The normalized spacial score (nSPS) is 24.3. The smallest absolute Gasteiger partial charge is 0.253 e. The van der Waals surface area contributed by atoms with Gasteiger partial charge in [0.2, 0.25) is 5.91 Å². The van der Waals surface area contributed by atoms with Crippen LogP contribution in [0.2, 0.25) is 0 Å². The number of piperidine rings is 1. The largest absolute Gasteiger partial charge is 0.356 e. The first-order valence-electron chi connectivity index (χ1n) is 9.51. The molecule has 5 heteroatoms. The molecule has 2 aliphatic rings. The van der Waals surface area contributed by atoms with Crippen LogP contribution in [-0.2, 0) is 4.79 Å². The van der Waals surface area contributed by atoms with Crippen LogP contribution in [0.1, 0.15) is 42.5 Å². The van der Waals surface area contributed by atoms with Gasteiger partial charge in [-0.15, -0.1) is 0 Å². The number of carbonyl (C=O) groups excluding carboxylic acids is 2. The van der Waals surface area contributed by atoms with Crippen molar-refractivity contribution in [2.45, 2.75) is 32.1 Å². The van der Waals surface area contributed by atoms with Crippen LogP contribution in [0.4, 0.5) is 0 Å². The number of hydrogen-bond acceptors (Lipinski definition) is 3. The van der Waals surface area contributed by atoms with Gasteiger partial charge >= 0.3 is 0 Å². The second kappa shape index (κ2) is 8.48. The van der Waals surface area contributed by atoms with Crippen LogP contribution in [-0.4, -0.2) is 42.9 Å². The minimum Gasteiger partial charge on any atom is -0.356 e. The molecule has 1 aliphatic heterocycles. The van der Waals surface area contributed by atoms with E-state index in [0.717, 1.165) is 57.3 Å². The van der Waals surface area contributed by atoms with Gasteiger partial charge in [0.05, 0.1) is 0 Å². The van der Waals surface area contributed by atoms with Crippen molar-refractivity contribution in [1.29, 1.82) is 0 Å². The fourth-order valence-corrected chi connectivity index (χ4v) is 4.14. The maximum Gasteiger partial charge on any atom is 0.253 e. The summed E-state index contributed by atoms with van der Waals surface area (Å²) in [6, 6.07) is 9.44. The second-order valence-corrected chi connectivity index (χ2v) is 7.38. The van der Waals surface area contributed by atoms with Gasteiger partial charge < -0.3 is 16.0 Å². The van der Waals surface area contributed by atoms with Crippen molar-refractivity contribution < 1.29 is 9.59 Å². The number of nitrogens with zero attached hydrogens (tertiary/aromatic N) is 1. The molecule has 0 spiro atoms. The Morgan fingerprint density at radius 2 is 1.80 bits per heavy atom. The maximum absolute atomic E-state index is 12.5. The van der Waals surface area contributed by atoms with Crippen molar-refractivity contribution in [3.63, 3.8) is 0 Å². The monoisotopic (exact) mass is 343 g/mol. The lowest BCUT2D eigenvalue weighted by Crippen LogP contribution is -2.43. The number of rotatable bonds is 5. The molecule has 0 bridgehead atoms. The molecule has 25 heavy (non-hydrogen) atoms. The molecule has 5 nitrogen and oxygen atoms in total. The number of nitrogens with one attached hydrogen (secondary N) is 1. The lowest BCUT2D eigenvalue weighted by atomic mass is 9.93. The number of likely N-dealkylation sites (tertiary alicyclic amines) is 1. The van der Waals surface area contributed by atoms with Crippen LogP contribution in [0.3, 0.4) is 0 Å². The van der Waals surface area contributed by atoms with Gasteiger partial charge in [-0.3, -0.25) is 9.59 Å². The van der Waals surface area contributed by atoms with Gasteiger partial charge in [-0.25, -0.2) is 0 Å². The summed E-state index contributed by atoms with van der Waals surface area (Å²) >= 11 is 0. The summed E-state index contributed by atoms with van der Waals surface area (Å²) in [7, 11) is 0. The quantitative estimate of drug-likeness (QED) is 0.859. The lowest BCUT2D eigenvalue weighted by Gasteiger charge is -2.32. The molecule has 1 heterocycles. The van der Waals surface area contributed by atoms with Gasteiger partial charge in [0, 0.05) is 31.1 Å². The van der Waals surface area contributed by atoms with Gasteiger partial charge in [-0.1, -0.05) is 24.6 Å². The third kappa shape index (κ3) is 4.40. The molecule has 3 rings (SSSR count). The van der Waals surface area contributed by atoms with E-state index < -0.39 is 0 Å². The molecule has 1 saturated carbocycles. The Kier molecular flexibility index (Phi) is 6.08. The van der Waals surface area contributed by atoms with Crippen LogP contribution in [0.5, 0.6) is 0 Å². The molecule has 1 saturated heterocycles. The topological polar surface area (TPSA) is 75.4 Å². The van der Waals surface area contributed by atoms with Gasteiger partial charge in [-0.2, -0.15) is 0 Å². The lowest BCUT2D eigenvalue weighted by molar-refractivity contribution is -0.126. The molecule has 0 unspecified atom stereocenters. The number of nitrogens with two attached hydrogens (primary N) is 1. The summed E-state index contributed by atoms with van der Waals surface area (Å²) in [4.78, 5) is 26.8. The molecule has 2 fully saturated rings. The van der Waals surface area contributed by atoms with E-state index >= 15 is 0 Å². The highest BCUT2D eigenvalue weighted by atomic mass is 16.2. The number of amides is 2. The van der Waals surface area contributed by atoms with E-state index in [1.807, 2.05) is 35.2 Å². The first-order valence-corrected chi connectivity index (χ1v) is 9.51. The van der Waals surface area contributed by atoms with Crippen molar-refractivity contribution in [3.8, 4) is 0 Å². The highest BCUT2D eigenvalue weighted by Gasteiger charge is 2.32. The summed E-state index contributed by atoms with van der Waals surface area (Å²) < 4.78 is 0. The van der Waals surface area contributed by atoms with Crippen molar-refractivity contribution in [3.05, 3.63) is 35.9 Å². The predicted molar refractivity (Wildman–Crippen MR) is 98.0 cm³/mol. The number of benzene rings is 1. The molecule has 0 radical (unpaired) electrons.